The largest absolute Gasteiger partial charge is 0.374 e. The molecule has 138 valence electrons. The van der Waals surface area contributed by atoms with Gasteiger partial charge >= 0.3 is 0 Å². The van der Waals surface area contributed by atoms with Gasteiger partial charge in [-0.05, 0) is 30.8 Å². The number of hydrogen-bond acceptors (Lipinski definition) is 4. The van der Waals surface area contributed by atoms with E-state index in [2.05, 4.69) is 40.6 Å². The molecule has 2 N–H and O–H groups in total. The number of guanidine groups is 1. The quantitative estimate of drug-likeness (QED) is 0.240. The van der Waals surface area contributed by atoms with Crippen LogP contribution in [0.1, 0.15) is 26.7 Å². The maximum Gasteiger partial charge on any atom is 0.191 e. The van der Waals surface area contributed by atoms with Crippen molar-refractivity contribution in [3.05, 3.63) is 0 Å². The summed E-state index contributed by atoms with van der Waals surface area (Å²) >= 11 is 1.90. The molecular formula is C16H35IN4OS. The Kier molecular flexibility index (Phi) is 14.8. The lowest BCUT2D eigenvalue weighted by Gasteiger charge is -2.34. The van der Waals surface area contributed by atoms with Gasteiger partial charge in [0.1, 0.15) is 0 Å². The molecule has 1 aliphatic rings. The minimum absolute atomic E-state index is 0. The molecular weight excluding hydrogens is 423 g/mol. The fourth-order valence-corrected chi connectivity index (χ4v) is 3.09. The minimum Gasteiger partial charge on any atom is -0.374 e. The summed E-state index contributed by atoms with van der Waals surface area (Å²) in [7, 11) is 1.82. The monoisotopic (exact) mass is 458 g/mol. The molecule has 5 nitrogen and oxygen atoms in total. The highest BCUT2D eigenvalue weighted by Gasteiger charge is 2.20. The van der Waals surface area contributed by atoms with Gasteiger partial charge in [-0.1, -0.05) is 13.8 Å². The van der Waals surface area contributed by atoms with Crippen LogP contribution >= 0.6 is 35.7 Å². The first-order chi connectivity index (χ1) is 10.7. The zero-order valence-corrected chi connectivity index (χ0v) is 18.3. The van der Waals surface area contributed by atoms with Crippen molar-refractivity contribution in [2.24, 2.45) is 10.9 Å². The zero-order chi connectivity index (χ0) is 16.2. The van der Waals surface area contributed by atoms with Crippen molar-refractivity contribution in [3.63, 3.8) is 0 Å². The molecule has 1 atom stereocenters. The first-order valence-corrected chi connectivity index (χ1v) is 9.82. The molecule has 1 aliphatic heterocycles. The molecule has 1 saturated heterocycles. The summed E-state index contributed by atoms with van der Waals surface area (Å²) in [4.78, 5) is 6.78. The van der Waals surface area contributed by atoms with Gasteiger partial charge in [0, 0.05) is 39.8 Å². The van der Waals surface area contributed by atoms with Crippen LogP contribution in [0.4, 0.5) is 0 Å². The van der Waals surface area contributed by atoms with Gasteiger partial charge in [-0.2, -0.15) is 11.8 Å². The van der Waals surface area contributed by atoms with Gasteiger partial charge < -0.3 is 15.4 Å². The van der Waals surface area contributed by atoms with Gasteiger partial charge in [0.05, 0.1) is 12.7 Å². The summed E-state index contributed by atoms with van der Waals surface area (Å²) in [5.74, 6) is 2.83. The van der Waals surface area contributed by atoms with E-state index >= 15 is 0 Å². The number of thioether (sulfide) groups is 1. The summed E-state index contributed by atoms with van der Waals surface area (Å²) in [5, 5.41) is 6.76. The summed E-state index contributed by atoms with van der Waals surface area (Å²) in [6.07, 6.45) is 4.84. The fourth-order valence-electron chi connectivity index (χ4n) is 2.60. The third-order valence-corrected chi connectivity index (χ3v) is 4.33. The van der Waals surface area contributed by atoms with Gasteiger partial charge in [0.2, 0.25) is 0 Å². The van der Waals surface area contributed by atoms with Gasteiger partial charge in [-0.15, -0.1) is 24.0 Å². The molecule has 0 radical (unpaired) electrons. The Bertz CT molecular complexity index is 318. The fraction of sp³-hybridized carbons (Fsp3) is 0.938. The molecule has 0 bridgehead atoms. The van der Waals surface area contributed by atoms with Gasteiger partial charge in [0.25, 0.3) is 0 Å². The molecule has 0 aromatic carbocycles. The molecule has 0 spiro atoms. The third-order valence-electron chi connectivity index (χ3n) is 3.63. The average molecular weight is 458 g/mol. The molecule has 0 amide bonds. The van der Waals surface area contributed by atoms with Crippen LogP contribution in [0.3, 0.4) is 0 Å². The highest BCUT2D eigenvalue weighted by atomic mass is 127. The van der Waals surface area contributed by atoms with Crippen molar-refractivity contribution in [1.82, 2.24) is 15.5 Å². The SMILES string of the molecule is CN=C(NCCCCSC)NCC1CN(CC(C)C)CCO1.I. The van der Waals surface area contributed by atoms with E-state index in [0.717, 1.165) is 45.3 Å². The average Bonchev–Trinajstić information content (AvgIpc) is 2.50. The second-order valence-corrected chi connectivity index (χ2v) is 7.21. The van der Waals surface area contributed by atoms with E-state index in [1.807, 2.05) is 18.8 Å². The molecule has 1 rings (SSSR count). The molecule has 0 saturated carbocycles. The van der Waals surface area contributed by atoms with E-state index in [4.69, 9.17) is 4.74 Å². The van der Waals surface area contributed by atoms with Gasteiger partial charge in [-0.3, -0.25) is 9.89 Å². The lowest BCUT2D eigenvalue weighted by atomic mass is 10.2. The Labute approximate surface area is 163 Å². The van der Waals surface area contributed by atoms with Crippen molar-refractivity contribution < 1.29 is 4.74 Å². The first kappa shape index (κ1) is 23.3. The molecule has 0 aromatic rings. The predicted molar refractivity (Wildman–Crippen MR) is 113 cm³/mol. The van der Waals surface area contributed by atoms with E-state index in [9.17, 15) is 0 Å². The number of nitrogens with zero attached hydrogens (tertiary/aromatic N) is 2. The van der Waals surface area contributed by atoms with E-state index in [0.29, 0.717) is 5.92 Å². The van der Waals surface area contributed by atoms with Gasteiger partial charge in [0.15, 0.2) is 5.96 Å². The summed E-state index contributed by atoms with van der Waals surface area (Å²) in [6, 6.07) is 0. The van der Waals surface area contributed by atoms with Crippen LogP contribution in [0.15, 0.2) is 4.99 Å². The molecule has 1 unspecified atom stereocenters. The number of aliphatic imine (C=N–C) groups is 1. The standard InChI is InChI=1S/C16H34N4OS.HI/c1-14(2)12-20-8-9-21-15(13-20)11-19-16(17-3)18-7-5-6-10-22-4;/h14-15H,5-13H2,1-4H3,(H2,17,18,19);1H. The van der Waals surface area contributed by atoms with E-state index < -0.39 is 0 Å². The Morgan fingerprint density at radius 2 is 2.13 bits per heavy atom. The van der Waals surface area contributed by atoms with Crippen LogP contribution in [0.2, 0.25) is 0 Å². The Morgan fingerprint density at radius 3 is 2.78 bits per heavy atom. The van der Waals surface area contributed by atoms with Crippen molar-refractivity contribution >= 4 is 41.7 Å². The lowest BCUT2D eigenvalue weighted by molar-refractivity contribution is -0.0284. The van der Waals surface area contributed by atoms with Crippen LogP contribution in [0.25, 0.3) is 0 Å². The number of hydrogen-bond donors (Lipinski definition) is 2. The van der Waals surface area contributed by atoms with Crippen LogP contribution in [-0.4, -0.2) is 75.4 Å². The van der Waals surface area contributed by atoms with Crippen molar-refractivity contribution in [3.8, 4) is 0 Å². The van der Waals surface area contributed by atoms with Gasteiger partial charge in [-0.25, -0.2) is 0 Å². The minimum atomic E-state index is 0. The highest BCUT2D eigenvalue weighted by Crippen LogP contribution is 2.07. The maximum absolute atomic E-state index is 5.85. The summed E-state index contributed by atoms with van der Waals surface area (Å²) < 4.78 is 5.85. The van der Waals surface area contributed by atoms with Crippen LogP contribution in [0, 0.1) is 5.92 Å². The van der Waals surface area contributed by atoms with E-state index in [-0.39, 0.29) is 30.1 Å². The zero-order valence-electron chi connectivity index (χ0n) is 15.1. The van der Waals surface area contributed by atoms with Crippen LogP contribution < -0.4 is 10.6 Å². The lowest BCUT2D eigenvalue weighted by Crippen LogP contribution is -2.50. The Hall–Kier alpha value is 0.270. The van der Waals surface area contributed by atoms with E-state index in [1.54, 1.807) is 0 Å². The molecule has 7 heteroatoms. The van der Waals surface area contributed by atoms with Crippen LogP contribution in [0.5, 0.6) is 0 Å². The summed E-state index contributed by atoms with van der Waals surface area (Å²) in [6.45, 7) is 10.4. The summed E-state index contributed by atoms with van der Waals surface area (Å²) in [5.41, 5.74) is 0. The van der Waals surface area contributed by atoms with Crippen molar-refractivity contribution in [2.75, 3.05) is 58.4 Å². The third kappa shape index (κ3) is 11.4. The molecule has 1 heterocycles. The number of morpholine rings is 1. The number of rotatable bonds is 9. The van der Waals surface area contributed by atoms with Crippen molar-refractivity contribution in [2.45, 2.75) is 32.8 Å². The number of halogens is 1. The number of nitrogens with one attached hydrogen (secondary N) is 2. The highest BCUT2D eigenvalue weighted by molar-refractivity contribution is 14.0. The smallest absolute Gasteiger partial charge is 0.191 e. The van der Waals surface area contributed by atoms with Crippen molar-refractivity contribution in [1.29, 1.82) is 0 Å². The molecule has 0 aliphatic carbocycles. The predicted octanol–water partition coefficient (Wildman–Crippen LogP) is 2.27. The maximum atomic E-state index is 5.85. The number of ether oxygens (including phenoxy) is 1. The molecule has 1 fully saturated rings. The van der Waals surface area contributed by atoms with E-state index in [1.165, 1.54) is 18.6 Å². The molecule has 23 heavy (non-hydrogen) atoms. The number of unbranched alkanes of at least 4 members (excludes halogenated alkanes) is 1. The second-order valence-electron chi connectivity index (χ2n) is 6.23. The topological polar surface area (TPSA) is 48.9 Å². The van der Waals surface area contributed by atoms with Crippen LogP contribution in [-0.2, 0) is 4.74 Å². The Balaban J connectivity index is 0.00000484. The molecule has 0 aromatic heterocycles. The first-order valence-electron chi connectivity index (χ1n) is 8.43. The Morgan fingerprint density at radius 1 is 1.35 bits per heavy atom. The second kappa shape index (κ2) is 14.6. The normalized spacial score (nSPS) is 19.5.